The van der Waals surface area contributed by atoms with Crippen molar-refractivity contribution in [2.45, 2.75) is 31.9 Å². The van der Waals surface area contributed by atoms with Crippen molar-refractivity contribution >= 4 is 29.3 Å². The van der Waals surface area contributed by atoms with Gasteiger partial charge in [-0.15, -0.1) is 0 Å². The van der Waals surface area contributed by atoms with E-state index in [1.165, 1.54) is 13.3 Å². The molecule has 4 rings (SSSR count). The van der Waals surface area contributed by atoms with Gasteiger partial charge in [0.1, 0.15) is 23.0 Å². The van der Waals surface area contributed by atoms with Crippen molar-refractivity contribution in [1.29, 1.82) is 0 Å². The molecule has 11 heteroatoms. The molecular formula is C23H26ClN7O3. The first-order valence-electron chi connectivity index (χ1n) is 13.0. The molecule has 0 spiro atoms. The molecule has 3 aromatic rings. The van der Waals surface area contributed by atoms with E-state index in [-0.39, 0.29) is 30.6 Å². The van der Waals surface area contributed by atoms with Gasteiger partial charge >= 0.3 is 0 Å². The zero-order chi connectivity index (χ0) is 28.3. The lowest BCUT2D eigenvalue weighted by molar-refractivity contribution is 0.0950. The zero-order valence-electron chi connectivity index (χ0n) is 23.3. The highest BCUT2D eigenvalue weighted by atomic mass is 35.5. The number of hydrogen-bond acceptors (Lipinski definition) is 9. The number of hydrogen-bond donors (Lipinski definition) is 3. The van der Waals surface area contributed by atoms with Gasteiger partial charge in [-0.2, -0.15) is 4.98 Å². The lowest BCUT2D eigenvalue weighted by Crippen LogP contribution is -2.34. The molecule has 0 bridgehead atoms. The maximum Gasteiger partial charge on any atom is 0.256 e. The smallest absolute Gasteiger partial charge is 0.256 e. The van der Waals surface area contributed by atoms with E-state index < -0.39 is 36.6 Å². The number of amides is 1. The number of ether oxygens (including phenoxy) is 1. The van der Waals surface area contributed by atoms with Crippen LogP contribution in [0.15, 0.2) is 42.8 Å². The fourth-order valence-electron chi connectivity index (χ4n) is 3.55. The third-order valence-electron chi connectivity index (χ3n) is 5.26. The van der Waals surface area contributed by atoms with Crippen LogP contribution in [0.2, 0.25) is 5.02 Å². The van der Waals surface area contributed by atoms with Crippen LogP contribution in [-0.2, 0) is 13.0 Å². The lowest BCUT2D eigenvalue weighted by atomic mass is 10.2. The maximum absolute atomic E-state index is 13.2. The van der Waals surface area contributed by atoms with Crippen LogP contribution in [0, 0.1) is 0 Å². The minimum Gasteiger partial charge on any atom is -0.495 e. The Balaban J connectivity index is 1.64. The van der Waals surface area contributed by atoms with Crippen LogP contribution >= 0.6 is 11.6 Å². The van der Waals surface area contributed by atoms with Crippen LogP contribution in [-0.4, -0.2) is 57.3 Å². The molecule has 1 saturated heterocycles. The number of aromatic nitrogens is 4. The average Bonchev–Trinajstić information content (AvgIpc) is 3.39. The lowest BCUT2D eigenvalue weighted by Gasteiger charge is -2.24. The fraction of sp³-hybridized carbons (Fsp3) is 0.348. The van der Waals surface area contributed by atoms with Crippen LogP contribution in [0.25, 0.3) is 0 Å². The number of nitrogens with one attached hydrogen (secondary N) is 2. The van der Waals surface area contributed by atoms with Crippen molar-refractivity contribution < 1.29 is 21.5 Å². The Hall–Kier alpha value is -3.50. The topological polar surface area (TPSA) is 125 Å². The van der Waals surface area contributed by atoms with Gasteiger partial charge < -0.3 is 25.4 Å². The number of benzene rings is 1. The summed E-state index contributed by atoms with van der Waals surface area (Å²) < 4.78 is 44.6. The summed E-state index contributed by atoms with van der Waals surface area (Å²) in [6.07, 6.45) is 1.59. The van der Waals surface area contributed by atoms with Crippen LogP contribution < -0.4 is 20.3 Å². The maximum atomic E-state index is 13.2. The van der Waals surface area contributed by atoms with Gasteiger partial charge in [0.25, 0.3) is 5.91 Å². The van der Waals surface area contributed by atoms with Crippen molar-refractivity contribution in [1.82, 2.24) is 25.3 Å². The van der Waals surface area contributed by atoms with E-state index in [4.69, 9.17) is 23.2 Å². The number of carbonyl (C=O) groups excluding carboxylic acids is 1. The third kappa shape index (κ3) is 5.52. The average molecular weight is 489 g/mol. The highest BCUT2D eigenvalue weighted by molar-refractivity contribution is 6.32. The van der Waals surface area contributed by atoms with Crippen molar-refractivity contribution in [3.8, 4) is 5.75 Å². The Morgan fingerprint density at radius 2 is 2.21 bits per heavy atom. The molecular weight excluding hydrogens is 458 g/mol. The first-order valence-corrected chi connectivity index (χ1v) is 10.9. The second kappa shape index (κ2) is 11.1. The van der Waals surface area contributed by atoms with Gasteiger partial charge in [-0.1, -0.05) is 17.7 Å². The van der Waals surface area contributed by atoms with Gasteiger partial charge in [-0.05, 0) is 36.6 Å². The monoisotopic (exact) mass is 488 g/mol. The first kappa shape index (κ1) is 17.9. The summed E-state index contributed by atoms with van der Waals surface area (Å²) in [5.74, 6) is -0.631. The van der Waals surface area contributed by atoms with E-state index in [1.807, 2.05) is 4.90 Å². The van der Waals surface area contributed by atoms with Gasteiger partial charge in [0, 0.05) is 31.6 Å². The highest BCUT2D eigenvalue weighted by Gasteiger charge is 2.27. The fourth-order valence-corrected chi connectivity index (χ4v) is 3.83. The Morgan fingerprint density at radius 3 is 2.94 bits per heavy atom. The Bertz CT molecular complexity index is 1360. The molecule has 1 fully saturated rings. The van der Waals surface area contributed by atoms with Crippen LogP contribution in [0.1, 0.15) is 41.4 Å². The third-order valence-corrected chi connectivity index (χ3v) is 5.56. The summed E-state index contributed by atoms with van der Waals surface area (Å²) >= 11 is 6.23. The molecule has 1 aliphatic heterocycles. The van der Waals surface area contributed by atoms with Crippen molar-refractivity contribution in [3.05, 3.63) is 64.8 Å². The number of aliphatic hydroxyl groups excluding tert-OH is 1. The number of methoxy groups -OCH3 is 1. The van der Waals surface area contributed by atoms with E-state index in [1.54, 1.807) is 18.2 Å². The highest BCUT2D eigenvalue weighted by Crippen LogP contribution is 2.27. The molecule has 1 aromatic carbocycles. The van der Waals surface area contributed by atoms with E-state index >= 15 is 0 Å². The Kier molecular flexibility index (Phi) is 5.84. The quantitative estimate of drug-likeness (QED) is 0.416. The Labute approximate surface area is 209 Å². The number of halogens is 1. The number of carbonyl (C=O) groups is 1. The second-order valence-corrected chi connectivity index (χ2v) is 7.81. The molecule has 0 aliphatic carbocycles. The summed E-state index contributed by atoms with van der Waals surface area (Å²) in [6.45, 7) is -1.92. The number of anilines is 2. The minimum atomic E-state index is -2.67. The SMILES string of the molecule is [2H]c1nc(C([2H])([2H])NC(=O)c2cnc(N3CCC[C@H]3CO)nc2NCc2ccc(OC)c(Cl)c2)nc([2H])c1[2H]. The summed E-state index contributed by atoms with van der Waals surface area (Å²) in [6, 6.07) is 4.46. The first-order chi connectivity index (χ1) is 18.5. The Morgan fingerprint density at radius 1 is 1.38 bits per heavy atom. The zero-order valence-corrected chi connectivity index (χ0v) is 19.1. The standard InChI is InChI=1S/C23H26ClN7O3/c1-34-19-6-5-15(10-18(19)24)11-27-21-17(22(33)28-13-20-25-7-3-8-26-20)12-29-23(30-21)31-9-2-4-16(31)14-32/h3,5-8,10,12,16,32H,2,4,9,11,13-14H2,1H3,(H,28,33)(H,27,29,30)/t16-/m0/s1/i3D,7D,8D,13D2. The van der Waals surface area contributed by atoms with Crippen molar-refractivity contribution in [2.75, 3.05) is 30.5 Å². The van der Waals surface area contributed by atoms with E-state index in [0.29, 0.717) is 23.3 Å². The van der Waals surface area contributed by atoms with Crippen LogP contribution in [0.3, 0.4) is 0 Å². The molecule has 178 valence electrons. The summed E-state index contributed by atoms with van der Waals surface area (Å²) in [4.78, 5) is 31.1. The molecule has 0 radical (unpaired) electrons. The number of aliphatic hydroxyl groups is 1. The van der Waals surface area contributed by atoms with Gasteiger partial charge in [-0.3, -0.25) is 4.79 Å². The predicted octanol–water partition coefficient (Wildman–Crippen LogP) is 2.43. The summed E-state index contributed by atoms with van der Waals surface area (Å²) in [5, 5.41) is 15.4. The minimum absolute atomic E-state index is 0.0774. The molecule has 34 heavy (non-hydrogen) atoms. The van der Waals surface area contributed by atoms with Crippen LogP contribution in [0.4, 0.5) is 11.8 Å². The molecule has 1 amide bonds. The number of rotatable bonds is 9. The molecule has 10 nitrogen and oxygen atoms in total. The predicted molar refractivity (Wildman–Crippen MR) is 128 cm³/mol. The molecule has 1 atom stereocenters. The molecule has 0 unspecified atom stereocenters. The summed E-state index contributed by atoms with van der Waals surface area (Å²) in [7, 11) is 1.51. The van der Waals surface area contributed by atoms with Crippen molar-refractivity contribution in [2.24, 2.45) is 0 Å². The number of nitrogens with zero attached hydrogens (tertiary/aromatic N) is 5. The normalized spacial score (nSPS) is 17.8. The largest absolute Gasteiger partial charge is 0.495 e. The molecule has 3 N–H and O–H groups in total. The van der Waals surface area contributed by atoms with Gasteiger partial charge in [0.2, 0.25) is 5.95 Å². The molecule has 0 saturated carbocycles. The van der Waals surface area contributed by atoms with Crippen LogP contribution in [0.5, 0.6) is 5.75 Å². The van der Waals surface area contributed by atoms with Gasteiger partial charge in [-0.25, -0.2) is 15.0 Å². The van der Waals surface area contributed by atoms with E-state index in [9.17, 15) is 9.90 Å². The van der Waals surface area contributed by atoms with E-state index in [2.05, 4.69) is 30.6 Å². The second-order valence-electron chi connectivity index (χ2n) is 7.40. The molecule has 2 aromatic heterocycles. The summed E-state index contributed by atoms with van der Waals surface area (Å²) in [5.41, 5.74) is 0.670. The van der Waals surface area contributed by atoms with Gasteiger partial charge in [0.05, 0.1) is 38.1 Å². The molecule has 3 heterocycles. The van der Waals surface area contributed by atoms with E-state index in [0.717, 1.165) is 18.4 Å². The van der Waals surface area contributed by atoms with Crippen molar-refractivity contribution in [3.63, 3.8) is 0 Å². The van der Waals surface area contributed by atoms with Gasteiger partial charge in [0.15, 0.2) is 0 Å². The molecule has 1 aliphatic rings.